The van der Waals surface area contributed by atoms with Crippen LogP contribution in [0.15, 0.2) is 36.4 Å². The van der Waals surface area contributed by atoms with Gasteiger partial charge in [-0.15, -0.1) is 0 Å². The van der Waals surface area contributed by atoms with E-state index in [1.54, 1.807) is 18.2 Å². The fourth-order valence-electron chi connectivity index (χ4n) is 1.48. The number of phenols is 3. The van der Waals surface area contributed by atoms with E-state index in [1.165, 1.54) is 18.2 Å². The molecule has 4 nitrogen and oxygen atoms in total. The summed E-state index contributed by atoms with van der Waals surface area (Å²) in [5, 5.41) is 28.2. The van der Waals surface area contributed by atoms with E-state index in [1.807, 2.05) is 0 Å². The van der Waals surface area contributed by atoms with Crippen LogP contribution in [-0.2, 0) is 0 Å². The van der Waals surface area contributed by atoms with Gasteiger partial charge in [0.1, 0.15) is 5.75 Å². The van der Waals surface area contributed by atoms with Gasteiger partial charge in [-0.25, -0.2) is 0 Å². The Balaban J connectivity index is 2.58. The van der Waals surface area contributed by atoms with Crippen molar-refractivity contribution in [2.45, 2.75) is 0 Å². The summed E-state index contributed by atoms with van der Waals surface area (Å²) in [5.41, 5.74) is 7.22. The molecule has 0 saturated heterocycles. The Morgan fingerprint density at radius 3 is 2.12 bits per heavy atom. The topological polar surface area (TPSA) is 86.7 Å². The molecule has 5 N–H and O–H groups in total. The van der Waals surface area contributed by atoms with Crippen molar-refractivity contribution in [3.8, 4) is 28.4 Å². The van der Waals surface area contributed by atoms with E-state index < -0.39 is 0 Å². The van der Waals surface area contributed by atoms with Crippen LogP contribution in [0.4, 0.5) is 5.69 Å². The number of aromatic hydroxyl groups is 3. The van der Waals surface area contributed by atoms with Gasteiger partial charge in [0.25, 0.3) is 0 Å². The summed E-state index contributed by atoms with van der Waals surface area (Å²) in [7, 11) is 0. The highest BCUT2D eigenvalue weighted by Gasteiger charge is 2.07. The zero-order chi connectivity index (χ0) is 11.7. The molecule has 0 saturated carbocycles. The van der Waals surface area contributed by atoms with Crippen LogP contribution in [0.5, 0.6) is 17.2 Å². The molecule has 2 rings (SSSR count). The molecule has 4 heteroatoms. The van der Waals surface area contributed by atoms with Gasteiger partial charge in [0, 0.05) is 11.3 Å². The molecule has 0 atom stereocenters. The lowest BCUT2D eigenvalue weighted by Gasteiger charge is -2.07. The second kappa shape index (κ2) is 3.66. The highest BCUT2D eigenvalue weighted by molar-refractivity contribution is 5.75. The van der Waals surface area contributed by atoms with Crippen molar-refractivity contribution in [3.05, 3.63) is 36.4 Å². The Morgan fingerprint density at radius 2 is 1.44 bits per heavy atom. The molecule has 0 aliphatic rings. The number of hydrogen-bond donors (Lipinski definition) is 4. The summed E-state index contributed by atoms with van der Waals surface area (Å²) >= 11 is 0. The molecule has 82 valence electrons. The maximum Gasteiger partial charge on any atom is 0.158 e. The first-order chi connectivity index (χ1) is 7.58. The highest BCUT2D eigenvalue weighted by atomic mass is 16.3. The third-order valence-corrected chi connectivity index (χ3v) is 2.31. The van der Waals surface area contributed by atoms with Crippen LogP contribution in [0.25, 0.3) is 11.1 Å². The highest BCUT2D eigenvalue weighted by Crippen LogP contribution is 2.35. The van der Waals surface area contributed by atoms with Gasteiger partial charge >= 0.3 is 0 Å². The fraction of sp³-hybridized carbons (Fsp3) is 0. The minimum absolute atomic E-state index is 0.0688. The maximum absolute atomic E-state index is 9.65. The van der Waals surface area contributed by atoms with Crippen LogP contribution in [0, 0.1) is 0 Å². The van der Waals surface area contributed by atoms with Crippen molar-refractivity contribution in [3.63, 3.8) is 0 Å². The van der Waals surface area contributed by atoms with Gasteiger partial charge in [-0.3, -0.25) is 0 Å². The predicted molar refractivity (Wildman–Crippen MR) is 61.3 cm³/mol. The van der Waals surface area contributed by atoms with Crippen molar-refractivity contribution in [1.29, 1.82) is 0 Å². The lowest BCUT2D eigenvalue weighted by molar-refractivity contribution is 0.404. The summed E-state index contributed by atoms with van der Waals surface area (Å²) in [6.07, 6.45) is 0. The number of anilines is 1. The number of benzene rings is 2. The summed E-state index contributed by atoms with van der Waals surface area (Å²) in [6, 6.07) is 8.97. The average molecular weight is 217 g/mol. The molecule has 2 aromatic carbocycles. The van der Waals surface area contributed by atoms with Gasteiger partial charge in [-0.1, -0.05) is 6.07 Å². The van der Waals surface area contributed by atoms with Crippen molar-refractivity contribution in [2.24, 2.45) is 0 Å². The standard InChI is InChI=1S/C12H11NO3/c13-8-2-4-10(14)9(6-8)7-1-3-11(15)12(16)5-7/h1-6,14-16H,13H2. The summed E-state index contributed by atoms with van der Waals surface area (Å²) in [4.78, 5) is 0. The van der Waals surface area contributed by atoms with Crippen molar-refractivity contribution < 1.29 is 15.3 Å². The molecular formula is C12H11NO3. The number of hydrogen-bond acceptors (Lipinski definition) is 4. The monoisotopic (exact) mass is 217 g/mol. The van der Waals surface area contributed by atoms with E-state index in [4.69, 9.17) is 5.73 Å². The summed E-state index contributed by atoms with van der Waals surface area (Å²) in [6.45, 7) is 0. The van der Waals surface area contributed by atoms with Crippen LogP contribution in [-0.4, -0.2) is 15.3 Å². The first-order valence-electron chi connectivity index (χ1n) is 4.69. The van der Waals surface area contributed by atoms with Crippen LogP contribution < -0.4 is 5.73 Å². The van der Waals surface area contributed by atoms with Gasteiger partial charge in [0.15, 0.2) is 11.5 Å². The van der Waals surface area contributed by atoms with Crippen LogP contribution in [0.3, 0.4) is 0 Å². The van der Waals surface area contributed by atoms with E-state index in [2.05, 4.69) is 0 Å². The minimum atomic E-state index is -0.237. The van der Waals surface area contributed by atoms with Crippen LogP contribution in [0.2, 0.25) is 0 Å². The Hall–Kier alpha value is -2.36. The molecule has 0 unspecified atom stereocenters. The van der Waals surface area contributed by atoms with Gasteiger partial charge < -0.3 is 21.1 Å². The SMILES string of the molecule is Nc1ccc(O)c(-c2ccc(O)c(O)c2)c1. The Kier molecular flexibility index (Phi) is 2.32. The summed E-state index contributed by atoms with van der Waals surface area (Å²) < 4.78 is 0. The fourth-order valence-corrected chi connectivity index (χ4v) is 1.48. The number of phenolic OH excluding ortho intramolecular Hbond substituents is 3. The van der Waals surface area contributed by atoms with E-state index in [9.17, 15) is 15.3 Å². The lowest BCUT2D eigenvalue weighted by Crippen LogP contribution is -1.86. The molecule has 0 bridgehead atoms. The minimum Gasteiger partial charge on any atom is -0.507 e. The Morgan fingerprint density at radius 1 is 0.750 bits per heavy atom. The van der Waals surface area contributed by atoms with Gasteiger partial charge in [0.2, 0.25) is 0 Å². The smallest absolute Gasteiger partial charge is 0.158 e. The first kappa shape index (κ1) is 10.2. The van der Waals surface area contributed by atoms with Crippen LogP contribution in [0.1, 0.15) is 0 Å². The van der Waals surface area contributed by atoms with E-state index >= 15 is 0 Å². The van der Waals surface area contributed by atoms with Crippen molar-refractivity contribution >= 4 is 5.69 Å². The number of nitrogens with two attached hydrogens (primary N) is 1. The molecule has 0 spiro atoms. The predicted octanol–water partition coefficient (Wildman–Crippen LogP) is 2.05. The van der Waals surface area contributed by atoms with E-state index in [0.29, 0.717) is 16.8 Å². The normalized spacial score (nSPS) is 10.2. The number of rotatable bonds is 1. The molecular weight excluding hydrogens is 206 g/mol. The molecule has 0 aliphatic carbocycles. The third kappa shape index (κ3) is 1.72. The third-order valence-electron chi connectivity index (χ3n) is 2.31. The van der Waals surface area contributed by atoms with Crippen molar-refractivity contribution in [1.82, 2.24) is 0 Å². The molecule has 0 amide bonds. The molecule has 0 aliphatic heterocycles. The molecule has 0 fully saturated rings. The molecule has 0 radical (unpaired) electrons. The summed E-state index contributed by atoms with van der Waals surface area (Å²) in [5.74, 6) is -0.370. The lowest BCUT2D eigenvalue weighted by atomic mass is 10.0. The van der Waals surface area contributed by atoms with Crippen molar-refractivity contribution in [2.75, 3.05) is 5.73 Å². The van der Waals surface area contributed by atoms with Gasteiger partial charge in [0.05, 0.1) is 0 Å². The molecule has 0 aromatic heterocycles. The quantitative estimate of drug-likeness (QED) is 0.334. The van der Waals surface area contributed by atoms with E-state index in [-0.39, 0.29) is 17.2 Å². The molecule has 16 heavy (non-hydrogen) atoms. The average Bonchev–Trinajstić information content (AvgIpc) is 2.26. The molecule has 2 aromatic rings. The number of nitrogen functional groups attached to an aromatic ring is 1. The zero-order valence-corrected chi connectivity index (χ0v) is 8.38. The second-order valence-corrected chi connectivity index (χ2v) is 3.48. The van der Waals surface area contributed by atoms with Crippen LogP contribution >= 0.6 is 0 Å². The zero-order valence-electron chi connectivity index (χ0n) is 8.38. The second-order valence-electron chi connectivity index (χ2n) is 3.48. The van der Waals surface area contributed by atoms with Gasteiger partial charge in [-0.05, 0) is 35.9 Å². The maximum atomic E-state index is 9.65. The van der Waals surface area contributed by atoms with E-state index in [0.717, 1.165) is 0 Å². The largest absolute Gasteiger partial charge is 0.507 e. The molecule has 0 heterocycles. The Labute approximate surface area is 92.2 Å². The first-order valence-corrected chi connectivity index (χ1v) is 4.69. The van der Waals surface area contributed by atoms with Gasteiger partial charge in [-0.2, -0.15) is 0 Å². The Bertz CT molecular complexity index is 538.